The summed E-state index contributed by atoms with van der Waals surface area (Å²) in [4.78, 5) is 20.7. The summed E-state index contributed by atoms with van der Waals surface area (Å²) >= 11 is 0. The van der Waals surface area contributed by atoms with Crippen molar-refractivity contribution in [1.82, 2.24) is 0 Å². The molecule has 0 aromatic heterocycles. The molecule has 12 heavy (non-hydrogen) atoms. The largest absolute Gasteiger partial charge is 0.596 e. The van der Waals surface area contributed by atoms with Crippen LogP contribution in [0.4, 0.5) is 0 Å². The van der Waals surface area contributed by atoms with Crippen molar-refractivity contribution in [2.75, 3.05) is 12.8 Å². The summed E-state index contributed by atoms with van der Waals surface area (Å²) in [5.41, 5.74) is 0. The van der Waals surface area contributed by atoms with Crippen LogP contribution >= 0.6 is 8.03 Å². The maximum atomic E-state index is 10.6. The molecule has 0 spiro atoms. The molecule has 4 nitrogen and oxygen atoms in total. The van der Waals surface area contributed by atoms with E-state index in [1.54, 1.807) is 13.0 Å². The number of allylic oxidation sites excluding steroid dienone is 1. The predicted octanol–water partition coefficient (Wildman–Crippen LogP) is 0.598. The van der Waals surface area contributed by atoms with Crippen molar-refractivity contribution < 1.29 is 19.0 Å². The first-order chi connectivity index (χ1) is 5.66. The van der Waals surface area contributed by atoms with Crippen molar-refractivity contribution in [3.63, 3.8) is 0 Å². The van der Waals surface area contributed by atoms with Gasteiger partial charge in [-0.15, -0.1) is 0 Å². The fraction of sp³-hybridized carbons (Fsp3) is 0.571. The minimum absolute atomic E-state index is 0.0679. The van der Waals surface area contributed by atoms with E-state index >= 15 is 0 Å². The molecule has 0 aliphatic heterocycles. The van der Waals surface area contributed by atoms with Crippen LogP contribution in [0.1, 0.15) is 13.3 Å². The van der Waals surface area contributed by atoms with E-state index in [2.05, 4.69) is 4.74 Å². The number of hydrogen-bond donors (Lipinski definition) is 0. The van der Waals surface area contributed by atoms with Gasteiger partial charge in [0.05, 0.1) is 6.61 Å². The second-order valence-corrected chi connectivity index (χ2v) is 3.19. The molecule has 0 fully saturated rings. The lowest BCUT2D eigenvalue weighted by atomic mass is 10.5. The van der Waals surface area contributed by atoms with Crippen molar-refractivity contribution in [2.24, 2.45) is 0 Å². The lowest BCUT2D eigenvalue weighted by Crippen LogP contribution is -2.04. The lowest BCUT2D eigenvalue weighted by Gasteiger charge is -1.97. The molecule has 0 rings (SSSR count). The number of esters is 1. The van der Waals surface area contributed by atoms with Crippen LogP contribution in [0.25, 0.3) is 0 Å². The van der Waals surface area contributed by atoms with Gasteiger partial charge in [-0.1, -0.05) is 10.6 Å². The van der Waals surface area contributed by atoms with Crippen molar-refractivity contribution in [1.29, 1.82) is 0 Å². The molecule has 0 N–H and O–H groups in total. The molecule has 0 aromatic carbocycles. The summed E-state index contributed by atoms with van der Waals surface area (Å²) in [6.07, 6.45) is 3.29. The smallest absolute Gasteiger partial charge is 0.330 e. The van der Waals surface area contributed by atoms with Crippen molar-refractivity contribution >= 4 is 14.0 Å². The minimum atomic E-state index is -2.35. The molecule has 0 aliphatic carbocycles. The predicted molar refractivity (Wildman–Crippen MR) is 42.9 cm³/mol. The molecule has 0 aliphatic rings. The van der Waals surface area contributed by atoms with E-state index in [4.69, 9.17) is 0 Å². The van der Waals surface area contributed by atoms with Gasteiger partial charge in [0.25, 0.3) is 0 Å². The van der Waals surface area contributed by atoms with Crippen molar-refractivity contribution in [2.45, 2.75) is 13.3 Å². The molecule has 0 radical (unpaired) electrons. The van der Waals surface area contributed by atoms with Crippen LogP contribution in [0.15, 0.2) is 12.2 Å². The highest BCUT2D eigenvalue weighted by molar-refractivity contribution is 7.36. The van der Waals surface area contributed by atoms with E-state index in [1.807, 2.05) is 0 Å². The zero-order valence-corrected chi connectivity index (χ0v) is 7.75. The number of carbonyl (C=O) groups is 1. The number of hydrogen-bond acceptors (Lipinski definition) is 4. The van der Waals surface area contributed by atoms with Crippen LogP contribution in [0, 0.1) is 0 Å². The molecular formula is C7H11O4P. The van der Waals surface area contributed by atoms with Crippen LogP contribution in [0.3, 0.4) is 0 Å². The van der Waals surface area contributed by atoms with Gasteiger partial charge in [0.1, 0.15) is 6.16 Å². The Morgan fingerprint density at radius 3 is 2.83 bits per heavy atom. The SMILES string of the molecule is CC=CC(=O)OCCC[P+](=O)[O-]. The Labute approximate surface area is 72.1 Å². The van der Waals surface area contributed by atoms with Crippen molar-refractivity contribution in [3.8, 4) is 0 Å². The summed E-state index contributed by atoms with van der Waals surface area (Å²) in [6, 6.07) is 0. The van der Waals surface area contributed by atoms with Crippen LogP contribution in [-0.4, -0.2) is 18.7 Å². The zero-order valence-electron chi connectivity index (χ0n) is 6.86. The minimum Gasteiger partial charge on any atom is -0.596 e. The number of rotatable bonds is 5. The molecule has 0 bridgehead atoms. The molecule has 0 saturated carbocycles. The molecule has 68 valence electrons. The van der Waals surface area contributed by atoms with E-state index in [9.17, 15) is 14.3 Å². The van der Waals surface area contributed by atoms with Gasteiger partial charge < -0.3 is 9.63 Å². The molecule has 1 unspecified atom stereocenters. The van der Waals surface area contributed by atoms with Gasteiger partial charge >= 0.3 is 14.0 Å². The van der Waals surface area contributed by atoms with E-state index in [1.165, 1.54) is 6.08 Å². The van der Waals surface area contributed by atoms with Crippen LogP contribution in [-0.2, 0) is 14.1 Å². The second kappa shape index (κ2) is 6.95. The van der Waals surface area contributed by atoms with Gasteiger partial charge in [-0.2, -0.15) is 0 Å². The Morgan fingerprint density at radius 2 is 2.33 bits per heavy atom. The Balaban J connectivity index is 3.31. The highest BCUT2D eigenvalue weighted by atomic mass is 31.1. The van der Waals surface area contributed by atoms with E-state index < -0.39 is 14.0 Å². The van der Waals surface area contributed by atoms with Crippen molar-refractivity contribution in [3.05, 3.63) is 12.2 Å². The second-order valence-electron chi connectivity index (χ2n) is 2.08. The van der Waals surface area contributed by atoms with E-state index in [-0.39, 0.29) is 12.8 Å². The first-order valence-corrected chi connectivity index (χ1v) is 4.94. The first kappa shape index (κ1) is 11.3. The summed E-state index contributed by atoms with van der Waals surface area (Å²) in [7, 11) is -2.35. The van der Waals surface area contributed by atoms with Gasteiger partial charge in [0, 0.05) is 12.5 Å². The standard InChI is InChI=1S/C7H11O4P/c1-2-4-7(8)11-5-3-6-12(9)10/h2,4H,3,5-6H2,1H3. The molecule has 0 amide bonds. The van der Waals surface area contributed by atoms with E-state index in [0.717, 1.165) is 0 Å². The molecular weight excluding hydrogens is 179 g/mol. The first-order valence-electron chi connectivity index (χ1n) is 3.58. The number of carbonyl (C=O) groups excluding carboxylic acids is 1. The molecule has 5 heteroatoms. The lowest BCUT2D eigenvalue weighted by molar-refractivity contribution is -0.164. The monoisotopic (exact) mass is 190 g/mol. The molecule has 0 heterocycles. The van der Waals surface area contributed by atoms with Gasteiger partial charge in [0.2, 0.25) is 0 Å². The highest BCUT2D eigenvalue weighted by Crippen LogP contribution is 2.07. The Kier molecular flexibility index (Phi) is 6.53. The zero-order chi connectivity index (χ0) is 9.40. The highest BCUT2D eigenvalue weighted by Gasteiger charge is 2.01. The fourth-order valence-electron chi connectivity index (χ4n) is 0.551. The van der Waals surface area contributed by atoms with Crippen LogP contribution in [0.5, 0.6) is 0 Å². The third-order valence-electron chi connectivity index (χ3n) is 1.03. The van der Waals surface area contributed by atoms with Gasteiger partial charge in [-0.05, 0) is 6.92 Å². The van der Waals surface area contributed by atoms with Crippen LogP contribution in [0.2, 0.25) is 0 Å². The normalized spacial score (nSPS) is 11.7. The summed E-state index contributed by atoms with van der Waals surface area (Å²) in [5, 5.41) is 0. The quantitative estimate of drug-likeness (QED) is 0.275. The average Bonchev–Trinajstić information content (AvgIpc) is 1.98. The van der Waals surface area contributed by atoms with Crippen LogP contribution < -0.4 is 4.89 Å². The molecule has 0 aromatic rings. The fourth-order valence-corrected chi connectivity index (χ4v) is 0.938. The summed E-state index contributed by atoms with van der Waals surface area (Å²) in [6.45, 7) is 1.86. The number of ether oxygens (including phenoxy) is 1. The third-order valence-corrected chi connectivity index (χ3v) is 1.71. The van der Waals surface area contributed by atoms with Gasteiger partial charge in [0.15, 0.2) is 0 Å². The summed E-state index contributed by atoms with van der Waals surface area (Å²) < 4.78 is 14.7. The van der Waals surface area contributed by atoms with E-state index in [0.29, 0.717) is 6.42 Å². The summed E-state index contributed by atoms with van der Waals surface area (Å²) in [5.74, 6) is -0.432. The Hall–Kier alpha value is -0.730. The topological polar surface area (TPSA) is 66.4 Å². The maximum absolute atomic E-state index is 10.6. The van der Waals surface area contributed by atoms with Gasteiger partial charge in [-0.3, -0.25) is 0 Å². The molecule has 1 atom stereocenters. The maximum Gasteiger partial charge on any atom is 0.330 e. The van der Waals surface area contributed by atoms with Gasteiger partial charge in [-0.25, -0.2) is 4.79 Å². The third kappa shape index (κ3) is 7.38. The Bertz CT molecular complexity index is 188. The average molecular weight is 190 g/mol. The molecule has 0 saturated heterocycles. The Morgan fingerprint density at radius 1 is 1.67 bits per heavy atom.